The van der Waals surface area contributed by atoms with Crippen LogP contribution in [0.1, 0.15) is 48.4 Å². The first-order valence-electron chi connectivity index (χ1n) is 5.92. The van der Waals surface area contributed by atoms with Crippen LogP contribution in [0.3, 0.4) is 0 Å². The molecular weight excluding hydrogens is 266 g/mol. The van der Waals surface area contributed by atoms with Crippen LogP contribution < -0.4 is 10.5 Å². The van der Waals surface area contributed by atoms with Gasteiger partial charge in [-0.25, -0.2) is 0 Å². The Morgan fingerprint density at radius 2 is 2.19 bits per heavy atom. The molecule has 1 aromatic carbocycles. The molecule has 2 aliphatic rings. The lowest BCUT2D eigenvalue weighted by Crippen LogP contribution is -2.20. The van der Waals surface area contributed by atoms with Crippen LogP contribution >= 0.6 is 15.9 Å². The van der Waals surface area contributed by atoms with Crippen LogP contribution in [0, 0.1) is 0 Å². The van der Waals surface area contributed by atoms with Gasteiger partial charge in [-0.15, -0.1) is 0 Å². The van der Waals surface area contributed by atoms with Gasteiger partial charge in [-0.05, 0) is 36.0 Å². The van der Waals surface area contributed by atoms with Gasteiger partial charge in [0.2, 0.25) is 0 Å². The van der Waals surface area contributed by atoms with E-state index >= 15 is 0 Å². The van der Waals surface area contributed by atoms with Gasteiger partial charge in [0, 0.05) is 22.5 Å². The van der Waals surface area contributed by atoms with E-state index in [0.29, 0.717) is 5.92 Å². The summed E-state index contributed by atoms with van der Waals surface area (Å²) in [5.41, 5.74) is 10.2. The molecule has 2 nitrogen and oxygen atoms in total. The molecule has 2 N–H and O–H groups in total. The number of rotatable bonds is 0. The Hall–Kier alpha value is -0.540. The van der Waals surface area contributed by atoms with Gasteiger partial charge in [-0.3, -0.25) is 0 Å². The van der Waals surface area contributed by atoms with E-state index in [-0.39, 0.29) is 6.04 Å². The fourth-order valence-electron chi connectivity index (χ4n) is 2.92. The monoisotopic (exact) mass is 281 g/mol. The molecule has 0 spiro atoms. The Kier molecular flexibility index (Phi) is 2.48. The third kappa shape index (κ3) is 1.41. The van der Waals surface area contributed by atoms with Crippen LogP contribution in [-0.4, -0.2) is 6.61 Å². The van der Waals surface area contributed by atoms with E-state index in [4.69, 9.17) is 10.5 Å². The van der Waals surface area contributed by atoms with Crippen LogP contribution in [0.2, 0.25) is 0 Å². The van der Waals surface area contributed by atoms with Crippen molar-refractivity contribution in [3.05, 3.63) is 27.2 Å². The number of nitrogens with two attached hydrogens (primary N) is 1. The molecule has 2 unspecified atom stereocenters. The van der Waals surface area contributed by atoms with E-state index < -0.39 is 0 Å². The summed E-state index contributed by atoms with van der Waals surface area (Å²) in [6.45, 7) is 3.10. The quantitative estimate of drug-likeness (QED) is 0.792. The van der Waals surface area contributed by atoms with E-state index in [2.05, 4.69) is 28.9 Å². The molecule has 0 amide bonds. The number of hydrogen-bond acceptors (Lipinski definition) is 2. The predicted molar refractivity (Wildman–Crippen MR) is 67.9 cm³/mol. The molecule has 0 fully saturated rings. The maximum atomic E-state index is 6.22. The van der Waals surface area contributed by atoms with Crippen molar-refractivity contribution in [3.63, 3.8) is 0 Å². The number of benzene rings is 1. The fraction of sp³-hybridized carbons (Fsp3) is 0.538. The number of hydrogen-bond donors (Lipinski definition) is 1. The van der Waals surface area contributed by atoms with Crippen LogP contribution in [0.15, 0.2) is 10.5 Å². The average Bonchev–Trinajstić information content (AvgIpc) is 2.70. The molecule has 1 aliphatic heterocycles. The SMILES string of the molecule is CC1CCC(N)c2c(Br)cc3c(c21)OCC3. The Bertz CT molecular complexity index is 444. The molecule has 0 bridgehead atoms. The third-order valence-electron chi connectivity index (χ3n) is 3.78. The molecule has 16 heavy (non-hydrogen) atoms. The highest BCUT2D eigenvalue weighted by Gasteiger charge is 2.31. The second kappa shape index (κ2) is 3.74. The summed E-state index contributed by atoms with van der Waals surface area (Å²) in [7, 11) is 0. The highest BCUT2D eigenvalue weighted by molar-refractivity contribution is 9.10. The molecule has 1 aliphatic carbocycles. The van der Waals surface area contributed by atoms with Crippen LogP contribution in [-0.2, 0) is 6.42 Å². The zero-order valence-corrected chi connectivity index (χ0v) is 11.0. The minimum Gasteiger partial charge on any atom is -0.493 e. The number of halogens is 1. The lowest BCUT2D eigenvalue weighted by atomic mass is 9.80. The Morgan fingerprint density at radius 3 is 3.00 bits per heavy atom. The van der Waals surface area contributed by atoms with Gasteiger partial charge >= 0.3 is 0 Å². The van der Waals surface area contributed by atoms with Crippen LogP contribution in [0.25, 0.3) is 0 Å². The Labute approximate surface area is 104 Å². The van der Waals surface area contributed by atoms with Gasteiger partial charge in [-0.1, -0.05) is 22.9 Å². The molecule has 2 atom stereocenters. The maximum Gasteiger partial charge on any atom is 0.126 e. The minimum atomic E-state index is 0.162. The molecule has 0 saturated carbocycles. The molecule has 1 heterocycles. The number of fused-ring (bicyclic) bond motifs is 3. The predicted octanol–water partition coefficient (Wildman–Crippen LogP) is 3.28. The van der Waals surface area contributed by atoms with Gasteiger partial charge in [-0.2, -0.15) is 0 Å². The molecule has 0 radical (unpaired) electrons. The number of ether oxygens (including phenoxy) is 1. The summed E-state index contributed by atoms with van der Waals surface area (Å²) in [5.74, 6) is 1.69. The van der Waals surface area contributed by atoms with Crippen molar-refractivity contribution in [2.45, 2.75) is 38.1 Å². The van der Waals surface area contributed by atoms with Crippen molar-refractivity contribution in [1.82, 2.24) is 0 Å². The van der Waals surface area contributed by atoms with Gasteiger partial charge in [0.05, 0.1) is 6.61 Å². The lowest BCUT2D eigenvalue weighted by molar-refractivity contribution is 0.346. The largest absolute Gasteiger partial charge is 0.493 e. The van der Waals surface area contributed by atoms with Crippen molar-refractivity contribution in [1.29, 1.82) is 0 Å². The molecule has 0 aromatic heterocycles. The molecule has 1 aromatic rings. The van der Waals surface area contributed by atoms with Crippen LogP contribution in [0.5, 0.6) is 5.75 Å². The lowest BCUT2D eigenvalue weighted by Gasteiger charge is -2.30. The normalized spacial score (nSPS) is 27.2. The van der Waals surface area contributed by atoms with E-state index in [9.17, 15) is 0 Å². The first-order valence-corrected chi connectivity index (χ1v) is 6.71. The third-order valence-corrected chi connectivity index (χ3v) is 4.43. The van der Waals surface area contributed by atoms with E-state index in [1.54, 1.807) is 0 Å². The summed E-state index contributed by atoms with van der Waals surface area (Å²) < 4.78 is 6.97. The summed E-state index contributed by atoms with van der Waals surface area (Å²) >= 11 is 3.67. The summed E-state index contributed by atoms with van der Waals surface area (Å²) in [6, 6.07) is 2.36. The first-order chi connectivity index (χ1) is 7.68. The highest BCUT2D eigenvalue weighted by atomic mass is 79.9. The van der Waals surface area contributed by atoms with Crippen molar-refractivity contribution in [2.75, 3.05) is 6.61 Å². The zero-order chi connectivity index (χ0) is 11.3. The van der Waals surface area contributed by atoms with Gasteiger partial charge < -0.3 is 10.5 Å². The highest BCUT2D eigenvalue weighted by Crippen LogP contribution is 2.47. The standard InChI is InChI=1S/C13H16BrNO/c1-7-2-3-10(15)12-9(14)6-8-4-5-16-13(8)11(7)12/h6-7,10H,2-5,15H2,1H3. The fourth-order valence-corrected chi connectivity index (χ4v) is 3.71. The Morgan fingerprint density at radius 1 is 1.38 bits per heavy atom. The van der Waals surface area contributed by atoms with Crippen LogP contribution in [0.4, 0.5) is 0 Å². The van der Waals surface area contributed by atoms with E-state index in [1.165, 1.54) is 27.6 Å². The van der Waals surface area contributed by atoms with Crippen molar-refractivity contribution in [2.24, 2.45) is 5.73 Å². The van der Waals surface area contributed by atoms with E-state index in [1.807, 2.05) is 0 Å². The first kappa shape index (κ1) is 10.6. The van der Waals surface area contributed by atoms with Crippen molar-refractivity contribution < 1.29 is 4.74 Å². The summed E-state index contributed by atoms with van der Waals surface area (Å²) in [5, 5.41) is 0. The molecule has 86 valence electrons. The van der Waals surface area contributed by atoms with Gasteiger partial charge in [0.15, 0.2) is 0 Å². The maximum absolute atomic E-state index is 6.22. The van der Waals surface area contributed by atoms with Crippen molar-refractivity contribution >= 4 is 15.9 Å². The van der Waals surface area contributed by atoms with Crippen molar-refractivity contribution in [3.8, 4) is 5.75 Å². The topological polar surface area (TPSA) is 35.2 Å². The van der Waals surface area contributed by atoms with Gasteiger partial charge in [0.1, 0.15) is 5.75 Å². The minimum absolute atomic E-state index is 0.162. The van der Waals surface area contributed by atoms with Gasteiger partial charge in [0.25, 0.3) is 0 Å². The smallest absolute Gasteiger partial charge is 0.126 e. The Balaban J connectivity index is 2.27. The molecule has 0 saturated heterocycles. The molecular formula is C13H16BrNO. The summed E-state index contributed by atoms with van der Waals surface area (Å²) in [6.07, 6.45) is 3.27. The molecule has 3 rings (SSSR count). The second-order valence-electron chi connectivity index (χ2n) is 4.86. The second-order valence-corrected chi connectivity index (χ2v) is 5.71. The zero-order valence-electron chi connectivity index (χ0n) is 9.42. The molecule has 3 heteroatoms. The summed E-state index contributed by atoms with van der Waals surface area (Å²) in [4.78, 5) is 0. The van der Waals surface area contributed by atoms with E-state index in [0.717, 1.165) is 25.2 Å². The average molecular weight is 282 g/mol.